The van der Waals surface area contributed by atoms with E-state index in [1.54, 1.807) is 16.7 Å². The van der Waals surface area contributed by atoms with Crippen LogP contribution in [0.25, 0.3) is 0 Å². The summed E-state index contributed by atoms with van der Waals surface area (Å²) in [7, 11) is 0. The highest BCUT2D eigenvalue weighted by atomic mass is 32.2. The molecule has 4 rings (SSSR count). The molecule has 1 aliphatic heterocycles. The number of hydrogen-bond acceptors (Lipinski definition) is 5. The number of halogens is 1. The van der Waals surface area contributed by atoms with Crippen LogP contribution in [0.15, 0.2) is 82.6 Å². The van der Waals surface area contributed by atoms with Crippen LogP contribution >= 0.6 is 11.8 Å². The molecule has 1 aliphatic rings. The molecule has 0 fully saturated rings. The minimum absolute atomic E-state index is 0.0787. The first-order valence-electron chi connectivity index (χ1n) is 9.66. The summed E-state index contributed by atoms with van der Waals surface area (Å²) in [6.45, 7) is -0.434. The molecule has 5 nitrogen and oxygen atoms in total. The van der Waals surface area contributed by atoms with Crippen molar-refractivity contribution in [3.8, 4) is 0 Å². The third kappa shape index (κ3) is 4.67. The molecule has 0 saturated carbocycles. The topological polar surface area (TPSA) is 63.7 Å². The number of ketones is 1. The van der Waals surface area contributed by atoms with Gasteiger partial charge in [0.15, 0.2) is 12.4 Å². The maximum Gasteiger partial charge on any atom is 0.306 e. The highest BCUT2D eigenvalue weighted by Crippen LogP contribution is 2.47. The molecular weight excluding hydrogens is 417 g/mol. The Morgan fingerprint density at radius 1 is 0.806 bits per heavy atom. The number of ether oxygens (including phenoxy) is 1. The normalized spacial score (nSPS) is 12.0. The summed E-state index contributed by atoms with van der Waals surface area (Å²) in [4.78, 5) is 40.6. The Morgan fingerprint density at radius 2 is 1.39 bits per heavy atom. The largest absolute Gasteiger partial charge is 0.456 e. The van der Waals surface area contributed by atoms with E-state index in [9.17, 15) is 18.8 Å². The lowest BCUT2D eigenvalue weighted by Crippen LogP contribution is -2.32. The van der Waals surface area contributed by atoms with Crippen molar-refractivity contribution < 1.29 is 23.5 Å². The van der Waals surface area contributed by atoms with Crippen molar-refractivity contribution in [2.24, 2.45) is 0 Å². The van der Waals surface area contributed by atoms with Crippen molar-refractivity contribution in [3.63, 3.8) is 0 Å². The lowest BCUT2D eigenvalue weighted by Gasteiger charge is -2.30. The number of carbonyl (C=O) groups is 3. The van der Waals surface area contributed by atoms with Gasteiger partial charge in [-0.15, -0.1) is 0 Å². The highest BCUT2D eigenvalue weighted by Gasteiger charge is 2.28. The molecule has 0 bridgehead atoms. The van der Waals surface area contributed by atoms with Crippen LogP contribution in [0.3, 0.4) is 0 Å². The number of benzene rings is 3. The van der Waals surface area contributed by atoms with Crippen LogP contribution in [0.2, 0.25) is 0 Å². The van der Waals surface area contributed by atoms with E-state index >= 15 is 0 Å². The maximum absolute atomic E-state index is 13.0. The number of carbonyl (C=O) groups excluding carboxylic acids is 3. The van der Waals surface area contributed by atoms with Crippen molar-refractivity contribution in [1.29, 1.82) is 0 Å². The van der Waals surface area contributed by atoms with E-state index in [2.05, 4.69) is 0 Å². The summed E-state index contributed by atoms with van der Waals surface area (Å²) >= 11 is 1.58. The number of fused-ring (bicyclic) bond motifs is 2. The molecule has 0 saturated heterocycles. The van der Waals surface area contributed by atoms with Crippen LogP contribution in [0, 0.1) is 5.82 Å². The Labute approximate surface area is 182 Å². The van der Waals surface area contributed by atoms with E-state index in [0.29, 0.717) is 5.56 Å². The number of para-hydroxylation sites is 2. The van der Waals surface area contributed by atoms with Crippen LogP contribution < -0.4 is 4.90 Å². The van der Waals surface area contributed by atoms with Gasteiger partial charge in [-0.3, -0.25) is 19.3 Å². The van der Waals surface area contributed by atoms with E-state index in [-0.39, 0.29) is 24.5 Å². The van der Waals surface area contributed by atoms with Crippen molar-refractivity contribution in [3.05, 3.63) is 84.2 Å². The zero-order valence-corrected chi connectivity index (χ0v) is 17.2. The Kier molecular flexibility index (Phi) is 6.13. The van der Waals surface area contributed by atoms with E-state index < -0.39 is 18.4 Å². The first-order valence-corrected chi connectivity index (χ1v) is 10.5. The second-order valence-corrected chi connectivity index (χ2v) is 7.94. The van der Waals surface area contributed by atoms with Gasteiger partial charge in [0.05, 0.1) is 17.8 Å². The van der Waals surface area contributed by atoms with Gasteiger partial charge in [-0.05, 0) is 48.5 Å². The van der Waals surface area contributed by atoms with E-state index in [1.165, 1.54) is 24.3 Å². The zero-order chi connectivity index (χ0) is 21.8. The van der Waals surface area contributed by atoms with E-state index in [1.807, 2.05) is 48.5 Å². The lowest BCUT2D eigenvalue weighted by atomic mass is 10.1. The first-order chi connectivity index (χ1) is 15.0. The second-order valence-electron chi connectivity index (χ2n) is 6.86. The minimum atomic E-state index is -0.642. The highest BCUT2D eigenvalue weighted by molar-refractivity contribution is 7.99. The molecular formula is C24H18FNO4S. The van der Waals surface area contributed by atoms with Gasteiger partial charge in [0.25, 0.3) is 5.91 Å². The monoisotopic (exact) mass is 435 g/mol. The molecule has 156 valence electrons. The molecule has 0 aliphatic carbocycles. The molecule has 0 N–H and O–H groups in total. The summed E-state index contributed by atoms with van der Waals surface area (Å²) in [5.74, 6) is -1.75. The fourth-order valence-electron chi connectivity index (χ4n) is 3.25. The van der Waals surface area contributed by atoms with Gasteiger partial charge in [-0.1, -0.05) is 36.0 Å². The smallest absolute Gasteiger partial charge is 0.306 e. The second kappa shape index (κ2) is 9.14. The van der Waals surface area contributed by atoms with Gasteiger partial charge >= 0.3 is 5.97 Å². The number of nitrogens with zero attached hydrogens (tertiary/aromatic N) is 1. The summed E-state index contributed by atoms with van der Waals surface area (Å²) in [6, 6.07) is 20.2. The molecule has 0 spiro atoms. The third-order valence-electron chi connectivity index (χ3n) is 4.76. The Bertz CT molecular complexity index is 1100. The molecule has 1 heterocycles. The van der Waals surface area contributed by atoms with Crippen molar-refractivity contribution in [2.45, 2.75) is 22.6 Å². The van der Waals surface area contributed by atoms with Crippen LogP contribution in [-0.2, 0) is 14.3 Å². The number of amides is 1. The molecule has 0 radical (unpaired) electrons. The molecule has 3 aromatic carbocycles. The van der Waals surface area contributed by atoms with Crippen LogP contribution in [0.4, 0.5) is 15.8 Å². The van der Waals surface area contributed by atoms with Crippen molar-refractivity contribution in [1.82, 2.24) is 0 Å². The summed E-state index contributed by atoms with van der Waals surface area (Å²) < 4.78 is 18.1. The number of anilines is 2. The molecule has 31 heavy (non-hydrogen) atoms. The number of esters is 1. The fraction of sp³-hybridized carbons (Fsp3) is 0.125. The molecule has 0 atom stereocenters. The molecule has 0 aromatic heterocycles. The van der Waals surface area contributed by atoms with Gasteiger partial charge < -0.3 is 4.74 Å². The quantitative estimate of drug-likeness (QED) is 0.395. The van der Waals surface area contributed by atoms with Gasteiger partial charge in [-0.25, -0.2) is 4.39 Å². The first kappa shape index (κ1) is 20.8. The van der Waals surface area contributed by atoms with Gasteiger partial charge in [0, 0.05) is 21.8 Å². The maximum atomic E-state index is 13.0. The number of Topliss-reactive ketones (excluding diaryl/α,β-unsaturated/α-hetero) is 1. The van der Waals surface area contributed by atoms with Crippen molar-refractivity contribution >= 4 is 40.8 Å². The Morgan fingerprint density at radius 3 is 2.00 bits per heavy atom. The zero-order valence-electron chi connectivity index (χ0n) is 16.4. The van der Waals surface area contributed by atoms with Crippen LogP contribution in [0.1, 0.15) is 23.2 Å². The van der Waals surface area contributed by atoms with Crippen molar-refractivity contribution in [2.75, 3.05) is 11.5 Å². The molecule has 7 heteroatoms. The van der Waals surface area contributed by atoms with Gasteiger partial charge in [0.2, 0.25) is 0 Å². The van der Waals surface area contributed by atoms with Gasteiger partial charge in [-0.2, -0.15) is 0 Å². The summed E-state index contributed by atoms with van der Waals surface area (Å²) in [6.07, 6.45) is -0.239. The average molecular weight is 435 g/mol. The minimum Gasteiger partial charge on any atom is -0.456 e. The molecule has 0 unspecified atom stereocenters. The average Bonchev–Trinajstić information content (AvgIpc) is 2.79. The Hall–Kier alpha value is -3.45. The third-order valence-corrected chi connectivity index (χ3v) is 5.89. The molecule has 1 amide bonds. The lowest BCUT2D eigenvalue weighted by molar-refractivity contribution is -0.147. The predicted molar refractivity (Wildman–Crippen MR) is 115 cm³/mol. The predicted octanol–water partition coefficient (Wildman–Crippen LogP) is 5.16. The SMILES string of the molecule is O=C(CCC(=O)c1ccc(F)cc1)OCC(=O)N1c2ccccc2Sc2ccccc21. The summed E-state index contributed by atoms with van der Waals surface area (Å²) in [5, 5.41) is 0. The van der Waals surface area contributed by atoms with E-state index in [0.717, 1.165) is 21.2 Å². The number of rotatable bonds is 6. The van der Waals surface area contributed by atoms with Crippen LogP contribution in [-0.4, -0.2) is 24.3 Å². The summed E-state index contributed by atoms with van der Waals surface area (Å²) in [5.41, 5.74) is 1.79. The standard InChI is InChI=1S/C24H18FNO4S/c25-17-11-9-16(10-12-17)20(27)13-14-24(29)30-15-23(28)26-18-5-1-3-7-21(18)31-22-8-4-2-6-19(22)26/h1-12H,13-15H2. The Balaban J connectivity index is 1.38. The van der Waals surface area contributed by atoms with E-state index in [4.69, 9.17) is 4.74 Å². The fourth-order valence-corrected chi connectivity index (χ4v) is 4.31. The molecule has 3 aromatic rings. The van der Waals surface area contributed by atoms with Crippen LogP contribution in [0.5, 0.6) is 0 Å². The van der Waals surface area contributed by atoms with Gasteiger partial charge in [0.1, 0.15) is 5.82 Å². The number of hydrogen-bond donors (Lipinski definition) is 0.